The number of hydrogen-bond acceptors (Lipinski definition) is 5. The van der Waals surface area contributed by atoms with Gasteiger partial charge in [0.25, 0.3) is 5.91 Å². The number of ether oxygens (including phenoxy) is 1. The van der Waals surface area contributed by atoms with Gasteiger partial charge in [-0.1, -0.05) is 33.8 Å². The molecule has 0 aliphatic rings. The molecule has 0 bridgehead atoms. The summed E-state index contributed by atoms with van der Waals surface area (Å²) in [5.41, 5.74) is 1.05. The summed E-state index contributed by atoms with van der Waals surface area (Å²) in [6.45, 7) is 9.71. The fourth-order valence-corrected chi connectivity index (χ4v) is 3.39. The third-order valence-corrected chi connectivity index (χ3v) is 4.81. The highest BCUT2D eigenvalue weighted by molar-refractivity contribution is 7.09. The fraction of sp³-hybridized carbons (Fsp3) is 0.476. The molecule has 7 nitrogen and oxygen atoms in total. The van der Waals surface area contributed by atoms with Crippen molar-refractivity contribution >= 4 is 29.0 Å². The number of rotatable bonds is 9. The van der Waals surface area contributed by atoms with Gasteiger partial charge in [0.1, 0.15) is 16.5 Å². The summed E-state index contributed by atoms with van der Waals surface area (Å²) in [4.78, 5) is 31.2. The molecule has 0 atom stereocenters. The van der Waals surface area contributed by atoms with Gasteiger partial charge in [-0.15, -0.1) is 11.3 Å². The number of thiazole rings is 1. The molecule has 158 valence electrons. The first-order chi connectivity index (χ1) is 13.8. The minimum atomic E-state index is -0.215. The van der Waals surface area contributed by atoms with Gasteiger partial charge >= 0.3 is 6.03 Å². The Labute approximate surface area is 176 Å². The van der Waals surface area contributed by atoms with Crippen molar-refractivity contribution in [2.75, 3.05) is 25.5 Å². The van der Waals surface area contributed by atoms with Gasteiger partial charge < -0.3 is 20.3 Å². The van der Waals surface area contributed by atoms with Gasteiger partial charge in [0.15, 0.2) is 0 Å². The van der Waals surface area contributed by atoms with E-state index >= 15 is 0 Å². The van der Waals surface area contributed by atoms with Gasteiger partial charge in [-0.05, 0) is 24.0 Å². The molecule has 0 aliphatic carbocycles. The zero-order valence-corrected chi connectivity index (χ0v) is 18.5. The maximum absolute atomic E-state index is 12.8. The Bertz CT molecular complexity index is 820. The number of nitrogens with one attached hydrogen (secondary N) is 2. The van der Waals surface area contributed by atoms with Crippen LogP contribution < -0.4 is 15.4 Å². The molecule has 1 aromatic heterocycles. The number of methoxy groups -OCH3 is 1. The SMILES string of the molecule is COc1cccc(NC(=O)N(Cc2nc(C(=O)NCC(C)C)cs2)CC(C)C)c1. The molecule has 1 aromatic carbocycles. The summed E-state index contributed by atoms with van der Waals surface area (Å²) < 4.78 is 5.21. The molecule has 2 aromatic rings. The van der Waals surface area contributed by atoms with Gasteiger partial charge in [-0.2, -0.15) is 0 Å². The van der Waals surface area contributed by atoms with Crippen LogP contribution in [-0.2, 0) is 6.54 Å². The minimum absolute atomic E-state index is 0.183. The fourth-order valence-electron chi connectivity index (χ4n) is 2.60. The first kappa shape index (κ1) is 22.7. The van der Waals surface area contributed by atoms with E-state index in [0.29, 0.717) is 48.6 Å². The number of amides is 3. The van der Waals surface area contributed by atoms with Gasteiger partial charge in [0, 0.05) is 30.2 Å². The molecule has 2 rings (SSSR count). The maximum atomic E-state index is 12.8. The standard InChI is InChI=1S/C21H30N4O3S/c1-14(2)10-22-20(26)18-13-29-19(24-18)12-25(11-15(3)4)21(27)23-16-7-6-8-17(9-16)28-5/h6-9,13-15H,10-12H2,1-5H3,(H,22,26)(H,23,27). The van der Waals surface area contributed by atoms with Crippen molar-refractivity contribution in [3.8, 4) is 5.75 Å². The lowest BCUT2D eigenvalue weighted by Crippen LogP contribution is -2.37. The molecule has 0 unspecified atom stereocenters. The van der Waals surface area contributed by atoms with E-state index in [9.17, 15) is 9.59 Å². The second kappa shape index (κ2) is 10.8. The van der Waals surface area contributed by atoms with Gasteiger partial charge in [-0.25, -0.2) is 9.78 Å². The van der Waals surface area contributed by atoms with Crippen LogP contribution in [0.15, 0.2) is 29.6 Å². The third-order valence-electron chi connectivity index (χ3n) is 3.98. The summed E-state index contributed by atoms with van der Waals surface area (Å²) in [6, 6.07) is 7.01. The molecular weight excluding hydrogens is 388 g/mol. The molecule has 8 heteroatoms. The molecular formula is C21H30N4O3S. The van der Waals surface area contributed by atoms with E-state index in [4.69, 9.17) is 4.74 Å². The van der Waals surface area contributed by atoms with Crippen molar-refractivity contribution < 1.29 is 14.3 Å². The molecule has 0 radical (unpaired) electrons. The predicted octanol–water partition coefficient (Wildman–Crippen LogP) is 4.23. The number of anilines is 1. The quantitative estimate of drug-likeness (QED) is 0.638. The van der Waals surface area contributed by atoms with Crippen molar-refractivity contribution in [3.63, 3.8) is 0 Å². The number of nitrogens with zero attached hydrogens (tertiary/aromatic N) is 2. The van der Waals surface area contributed by atoms with E-state index in [1.54, 1.807) is 23.5 Å². The molecule has 29 heavy (non-hydrogen) atoms. The predicted molar refractivity (Wildman–Crippen MR) is 117 cm³/mol. The van der Waals surface area contributed by atoms with E-state index in [2.05, 4.69) is 29.5 Å². The van der Waals surface area contributed by atoms with E-state index in [1.165, 1.54) is 11.3 Å². The highest BCUT2D eigenvalue weighted by Crippen LogP contribution is 2.19. The second-order valence-corrected chi connectivity index (χ2v) is 8.61. The Kier molecular flexibility index (Phi) is 8.45. The van der Waals surface area contributed by atoms with Gasteiger partial charge in [-0.3, -0.25) is 4.79 Å². The summed E-state index contributed by atoms with van der Waals surface area (Å²) in [7, 11) is 1.59. The van der Waals surface area contributed by atoms with Crippen LogP contribution in [0.4, 0.5) is 10.5 Å². The topological polar surface area (TPSA) is 83.6 Å². The third kappa shape index (κ3) is 7.38. The van der Waals surface area contributed by atoms with Crippen LogP contribution in [0.5, 0.6) is 5.75 Å². The van der Waals surface area contributed by atoms with Crippen LogP contribution in [0.25, 0.3) is 0 Å². The average molecular weight is 419 g/mol. The first-order valence-electron chi connectivity index (χ1n) is 9.71. The van der Waals surface area contributed by atoms with Crippen molar-refractivity contribution in [1.82, 2.24) is 15.2 Å². The van der Waals surface area contributed by atoms with E-state index in [-0.39, 0.29) is 11.9 Å². The normalized spacial score (nSPS) is 10.9. The molecule has 0 saturated heterocycles. The van der Waals surface area contributed by atoms with Crippen molar-refractivity contribution in [1.29, 1.82) is 0 Å². The highest BCUT2D eigenvalue weighted by atomic mass is 32.1. The van der Waals surface area contributed by atoms with Crippen LogP contribution in [0, 0.1) is 11.8 Å². The van der Waals surface area contributed by atoms with Crippen LogP contribution in [0.3, 0.4) is 0 Å². The summed E-state index contributed by atoms with van der Waals surface area (Å²) in [6.07, 6.45) is 0. The highest BCUT2D eigenvalue weighted by Gasteiger charge is 2.19. The number of carbonyl (C=O) groups excluding carboxylic acids is 2. The molecule has 0 aliphatic heterocycles. The van der Waals surface area contributed by atoms with Crippen LogP contribution in [0.1, 0.15) is 43.2 Å². The van der Waals surface area contributed by atoms with Gasteiger partial charge in [0.05, 0.1) is 13.7 Å². The van der Waals surface area contributed by atoms with Gasteiger partial charge in [0.2, 0.25) is 0 Å². The number of benzene rings is 1. The molecule has 0 saturated carbocycles. The minimum Gasteiger partial charge on any atom is -0.497 e. The van der Waals surface area contributed by atoms with Crippen LogP contribution >= 0.6 is 11.3 Å². The summed E-state index contributed by atoms with van der Waals surface area (Å²) in [5, 5.41) is 8.23. The van der Waals surface area contributed by atoms with E-state index in [1.807, 2.05) is 32.0 Å². The second-order valence-electron chi connectivity index (χ2n) is 7.67. The Morgan fingerprint density at radius 1 is 1.21 bits per heavy atom. The Hall–Kier alpha value is -2.61. The smallest absolute Gasteiger partial charge is 0.322 e. The van der Waals surface area contributed by atoms with E-state index < -0.39 is 0 Å². The first-order valence-corrected chi connectivity index (χ1v) is 10.6. The Morgan fingerprint density at radius 3 is 2.62 bits per heavy atom. The van der Waals surface area contributed by atoms with Crippen molar-refractivity contribution in [2.45, 2.75) is 34.2 Å². The monoisotopic (exact) mass is 418 g/mol. The molecule has 2 N–H and O–H groups in total. The molecule has 0 fully saturated rings. The number of urea groups is 1. The number of carbonyl (C=O) groups is 2. The van der Waals surface area contributed by atoms with Crippen molar-refractivity contribution in [3.05, 3.63) is 40.3 Å². The van der Waals surface area contributed by atoms with Crippen LogP contribution in [0.2, 0.25) is 0 Å². The largest absolute Gasteiger partial charge is 0.497 e. The summed E-state index contributed by atoms with van der Waals surface area (Å²) >= 11 is 1.38. The number of aromatic nitrogens is 1. The molecule has 1 heterocycles. The lowest BCUT2D eigenvalue weighted by molar-refractivity contribution is 0.0944. The average Bonchev–Trinajstić information content (AvgIpc) is 3.14. The zero-order chi connectivity index (χ0) is 21.4. The Morgan fingerprint density at radius 2 is 1.97 bits per heavy atom. The zero-order valence-electron chi connectivity index (χ0n) is 17.7. The van der Waals surface area contributed by atoms with E-state index in [0.717, 1.165) is 5.01 Å². The maximum Gasteiger partial charge on any atom is 0.322 e. The molecule has 0 spiro atoms. The summed E-state index contributed by atoms with van der Waals surface area (Å²) in [5.74, 6) is 1.16. The Balaban J connectivity index is 2.06. The van der Waals surface area contributed by atoms with Crippen molar-refractivity contribution in [2.24, 2.45) is 11.8 Å². The lowest BCUT2D eigenvalue weighted by atomic mass is 10.2. The lowest BCUT2D eigenvalue weighted by Gasteiger charge is -2.24. The molecule has 3 amide bonds. The number of hydrogen-bond donors (Lipinski definition) is 2. The van der Waals surface area contributed by atoms with Crippen LogP contribution in [-0.4, -0.2) is 42.0 Å².